The third kappa shape index (κ3) is 3.07. The van der Waals surface area contributed by atoms with Crippen LogP contribution in [0.3, 0.4) is 0 Å². The average Bonchev–Trinajstić information content (AvgIpc) is 2.22. The zero-order chi connectivity index (χ0) is 12.3. The lowest BCUT2D eigenvalue weighted by atomic mass is 10.0. The third-order valence-corrected chi connectivity index (χ3v) is 2.97. The maximum atomic E-state index is 10.8. The molecule has 0 saturated carbocycles. The van der Waals surface area contributed by atoms with Crippen LogP contribution in [0.1, 0.15) is 18.9 Å². The van der Waals surface area contributed by atoms with Crippen LogP contribution in [0.5, 0.6) is 0 Å². The fourth-order valence-electron chi connectivity index (χ4n) is 1.31. The monoisotopic (exact) mass is 263 g/mol. The largest absolute Gasteiger partial charge is 0.393 e. The molecule has 0 radical (unpaired) electrons. The van der Waals surface area contributed by atoms with Crippen molar-refractivity contribution in [3.8, 4) is 0 Å². The summed E-state index contributed by atoms with van der Waals surface area (Å²) in [4.78, 5) is 10.2. The summed E-state index contributed by atoms with van der Waals surface area (Å²) >= 11 is 11.5. The number of nitro groups is 1. The fourth-order valence-corrected chi connectivity index (χ4v) is 1.65. The molecule has 1 aromatic rings. The third-order valence-electron chi connectivity index (χ3n) is 2.25. The summed E-state index contributed by atoms with van der Waals surface area (Å²) in [5.41, 5.74) is 0.288. The van der Waals surface area contributed by atoms with Gasteiger partial charge in [0.05, 0.1) is 21.1 Å². The van der Waals surface area contributed by atoms with Crippen molar-refractivity contribution >= 4 is 28.9 Å². The van der Waals surface area contributed by atoms with Gasteiger partial charge in [-0.2, -0.15) is 0 Å². The van der Waals surface area contributed by atoms with Gasteiger partial charge in [-0.3, -0.25) is 10.1 Å². The summed E-state index contributed by atoms with van der Waals surface area (Å²) < 4.78 is 0. The van der Waals surface area contributed by atoms with Crippen molar-refractivity contribution in [1.82, 2.24) is 0 Å². The van der Waals surface area contributed by atoms with Crippen molar-refractivity contribution < 1.29 is 10.0 Å². The number of benzene rings is 1. The van der Waals surface area contributed by atoms with Crippen molar-refractivity contribution in [1.29, 1.82) is 0 Å². The Bertz CT molecular complexity index is 409. The normalized spacial score (nSPS) is 12.5. The Kier molecular flexibility index (Phi) is 4.53. The minimum Gasteiger partial charge on any atom is -0.393 e. The van der Waals surface area contributed by atoms with Crippen LogP contribution in [0.4, 0.5) is 5.69 Å². The van der Waals surface area contributed by atoms with E-state index < -0.39 is 11.0 Å². The van der Waals surface area contributed by atoms with Gasteiger partial charge < -0.3 is 5.11 Å². The molecule has 0 heterocycles. The molecule has 88 valence electrons. The molecule has 0 saturated heterocycles. The van der Waals surface area contributed by atoms with Crippen molar-refractivity contribution in [2.24, 2.45) is 0 Å². The second-order valence-corrected chi connectivity index (χ2v) is 4.23. The standard InChI is InChI=1S/C10H11Cl2NO3/c1-2-7(14)3-6-4-8(11)9(12)5-10(6)13(15)16/h4-5,7,14H,2-3H2,1H3. The van der Waals surface area contributed by atoms with E-state index in [2.05, 4.69) is 0 Å². The molecular formula is C10H11Cl2NO3. The predicted molar refractivity (Wildman–Crippen MR) is 63.1 cm³/mol. The second kappa shape index (κ2) is 5.48. The highest BCUT2D eigenvalue weighted by molar-refractivity contribution is 6.42. The van der Waals surface area contributed by atoms with Crippen LogP contribution in [0.25, 0.3) is 0 Å². The molecule has 0 amide bonds. The molecule has 0 aromatic heterocycles. The Labute approximate surface area is 103 Å². The molecule has 1 rings (SSSR count). The van der Waals surface area contributed by atoms with E-state index >= 15 is 0 Å². The van der Waals surface area contributed by atoms with E-state index in [1.54, 1.807) is 6.92 Å². The summed E-state index contributed by atoms with van der Waals surface area (Å²) in [7, 11) is 0. The summed E-state index contributed by atoms with van der Waals surface area (Å²) in [6, 6.07) is 2.64. The Hall–Kier alpha value is -0.840. The molecule has 0 aliphatic rings. The average molecular weight is 264 g/mol. The van der Waals surface area contributed by atoms with E-state index in [1.807, 2.05) is 0 Å². The van der Waals surface area contributed by atoms with Crippen LogP contribution in [-0.4, -0.2) is 16.1 Å². The SMILES string of the molecule is CCC(O)Cc1cc(Cl)c(Cl)cc1[N+](=O)[O-]. The molecule has 16 heavy (non-hydrogen) atoms. The molecule has 1 aromatic carbocycles. The predicted octanol–water partition coefficient (Wildman–Crippen LogP) is 3.22. The summed E-state index contributed by atoms with van der Waals surface area (Å²) in [5.74, 6) is 0. The van der Waals surface area contributed by atoms with Gasteiger partial charge in [-0.15, -0.1) is 0 Å². The second-order valence-electron chi connectivity index (χ2n) is 3.42. The first-order valence-corrected chi connectivity index (χ1v) is 5.51. The quantitative estimate of drug-likeness (QED) is 0.670. The molecule has 0 spiro atoms. The minimum atomic E-state index is -0.615. The molecule has 6 heteroatoms. The number of aliphatic hydroxyl groups is 1. The number of aliphatic hydroxyl groups excluding tert-OH is 1. The lowest BCUT2D eigenvalue weighted by molar-refractivity contribution is -0.385. The lowest BCUT2D eigenvalue weighted by Crippen LogP contribution is -2.10. The fraction of sp³-hybridized carbons (Fsp3) is 0.400. The van der Waals surface area contributed by atoms with Gasteiger partial charge in [0.25, 0.3) is 5.69 Å². The van der Waals surface area contributed by atoms with Crippen molar-refractivity contribution in [2.75, 3.05) is 0 Å². The smallest absolute Gasteiger partial charge is 0.274 e. The topological polar surface area (TPSA) is 63.4 Å². The number of rotatable bonds is 4. The summed E-state index contributed by atoms with van der Waals surface area (Å²) in [6.07, 6.45) is 0.108. The van der Waals surface area contributed by atoms with Crippen LogP contribution in [-0.2, 0) is 6.42 Å². The Morgan fingerprint density at radius 2 is 2.00 bits per heavy atom. The van der Waals surface area contributed by atoms with E-state index in [-0.39, 0.29) is 22.2 Å². The molecule has 0 aliphatic carbocycles. The molecule has 1 N–H and O–H groups in total. The molecular weight excluding hydrogens is 253 g/mol. The van der Waals surface area contributed by atoms with Crippen LogP contribution in [0, 0.1) is 10.1 Å². The molecule has 0 bridgehead atoms. The van der Waals surface area contributed by atoms with Crippen LogP contribution >= 0.6 is 23.2 Å². The van der Waals surface area contributed by atoms with Gasteiger partial charge in [-0.25, -0.2) is 0 Å². The van der Waals surface area contributed by atoms with E-state index in [1.165, 1.54) is 12.1 Å². The lowest BCUT2D eigenvalue weighted by Gasteiger charge is -2.09. The number of halogens is 2. The first-order chi connectivity index (χ1) is 7.45. The Morgan fingerprint density at radius 3 is 2.50 bits per heavy atom. The number of nitrogens with zero attached hydrogens (tertiary/aromatic N) is 1. The van der Waals surface area contributed by atoms with Gasteiger partial charge in [0.15, 0.2) is 0 Å². The maximum absolute atomic E-state index is 10.8. The van der Waals surface area contributed by atoms with Crippen LogP contribution < -0.4 is 0 Å². The Balaban J connectivity index is 3.14. The van der Waals surface area contributed by atoms with Gasteiger partial charge >= 0.3 is 0 Å². The zero-order valence-corrected chi connectivity index (χ0v) is 10.1. The highest BCUT2D eigenvalue weighted by Crippen LogP contribution is 2.31. The van der Waals surface area contributed by atoms with E-state index in [4.69, 9.17) is 23.2 Å². The molecule has 4 nitrogen and oxygen atoms in total. The first-order valence-electron chi connectivity index (χ1n) is 4.76. The van der Waals surface area contributed by atoms with Crippen molar-refractivity contribution in [3.63, 3.8) is 0 Å². The minimum absolute atomic E-state index is 0.109. The number of hydrogen-bond donors (Lipinski definition) is 1. The van der Waals surface area contributed by atoms with Crippen LogP contribution in [0.2, 0.25) is 10.0 Å². The van der Waals surface area contributed by atoms with E-state index in [0.717, 1.165) is 0 Å². The first kappa shape index (κ1) is 13.2. The van der Waals surface area contributed by atoms with E-state index in [0.29, 0.717) is 12.0 Å². The molecule has 0 fully saturated rings. The molecule has 1 unspecified atom stereocenters. The number of hydrogen-bond acceptors (Lipinski definition) is 3. The van der Waals surface area contributed by atoms with Crippen molar-refractivity contribution in [2.45, 2.75) is 25.9 Å². The van der Waals surface area contributed by atoms with Crippen molar-refractivity contribution in [3.05, 3.63) is 37.9 Å². The van der Waals surface area contributed by atoms with Gasteiger partial charge in [-0.1, -0.05) is 30.1 Å². The molecule has 0 aliphatic heterocycles. The zero-order valence-electron chi connectivity index (χ0n) is 8.61. The van der Waals surface area contributed by atoms with E-state index in [9.17, 15) is 15.2 Å². The maximum Gasteiger partial charge on any atom is 0.274 e. The van der Waals surface area contributed by atoms with Gasteiger partial charge in [0, 0.05) is 18.1 Å². The van der Waals surface area contributed by atoms with Gasteiger partial charge in [-0.05, 0) is 12.5 Å². The van der Waals surface area contributed by atoms with Gasteiger partial charge in [0.1, 0.15) is 0 Å². The summed E-state index contributed by atoms with van der Waals surface area (Å²) in [5, 5.41) is 20.7. The number of nitro benzene ring substituents is 1. The highest BCUT2D eigenvalue weighted by Gasteiger charge is 2.18. The van der Waals surface area contributed by atoms with Gasteiger partial charge in [0.2, 0.25) is 0 Å². The molecule has 1 atom stereocenters. The summed E-state index contributed by atoms with van der Waals surface area (Å²) in [6.45, 7) is 1.80. The highest BCUT2D eigenvalue weighted by atomic mass is 35.5. The van der Waals surface area contributed by atoms with Crippen LogP contribution in [0.15, 0.2) is 12.1 Å². The Morgan fingerprint density at radius 1 is 1.44 bits per heavy atom.